The van der Waals surface area contributed by atoms with Gasteiger partial charge in [0.15, 0.2) is 11.0 Å². The molecule has 1 aromatic heterocycles. The number of hydrogen-bond donors (Lipinski definition) is 2. The number of fused-ring (bicyclic) bond motifs is 1. The van der Waals surface area contributed by atoms with Gasteiger partial charge in [-0.25, -0.2) is 9.97 Å². The number of anilines is 1. The first kappa shape index (κ1) is 13.5. The minimum Gasteiger partial charge on any atom is -0.320 e. The summed E-state index contributed by atoms with van der Waals surface area (Å²) in [5, 5.41) is 2.71. The third-order valence-corrected chi connectivity index (χ3v) is 2.79. The van der Waals surface area contributed by atoms with Gasteiger partial charge in [-0.05, 0) is 18.6 Å². The van der Waals surface area contributed by atoms with Gasteiger partial charge in [0, 0.05) is 0 Å². The highest BCUT2D eigenvalue weighted by Gasteiger charge is 2.15. The summed E-state index contributed by atoms with van der Waals surface area (Å²) in [6.45, 7) is 3.53. The van der Waals surface area contributed by atoms with Gasteiger partial charge < -0.3 is 11.1 Å². The maximum absolute atomic E-state index is 11.8. The lowest BCUT2D eigenvalue weighted by atomic mass is 10.2. The van der Waals surface area contributed by atoms with Gasteiger partial charge in [-0.15, -0.1) is 6.58 Å². The molecule has 2 rings (SSSR count). The molecule has 2 aromatic rings. The Morgan fingerprint density at radius 1 is 1.42 bits per heavy atom. The maximum Gasteiger partial charge on any atom is 0.242 e. The number of hydrogen-bond acceptors (Lipinski definition) is 4. The molecule has 98 valence electrons. The van der Waals surface area contributed by atoms with Gasteiger partial charge in [0.2, 0.25) is 5.91 Å². The number of nitrogens with zero attached hydrogens (tertiary/aromatic N) is 2. The molecule has 1 unspecified atom stereocenters. The van der Waals surface area contributed by atoms with Crippen LogP contribution in [0, 0.1) is 0 Å². The third kappa shape index (κ3) is 3.07. The second-order valence-electron chi connectivity index (χ2n) is 3.97. The quantitative estimate of drug-likeness (QED) is 0.838. The molecule has 19 heavy (non-hydrogen) atoms. The van der Waals surface area contributed by atoms with Crippen LogP contribution >= 0.6 is 11.6 Å². The summed E-state index contributed by atoms with van der Waals surface area (Å²) in [4.78, 5) is 20.2. The SMILES string of the molecule is C=CCC(N)C(=O)Nc1nc2ccccc2nc1Cl. The Morgan fingerprint density at radius 2 is 2.05 bits per heavy atom. The van der Waals surface area contributed by atoms with Crippen molar-refractivity contribution in [2.24, 2.45) is 5.73 Å². The lowest BCUT2D eigenvalue weighted by Gasteiger charge is -2.11. The van der Waals surface area contributed by atoms with E-state index in [1.165, 1.54) is 0 Å². The van der Waals surface area contributed by atoms with Crippen molar-refractivity contribution in [2.45, 2.75) is 12.5 Å². The normalized spacial score (nSPS) is 12.1. The number of halogens is 1. The van der Waals surface area contributed by atoms with E-state index in [0.29, 0.717) is 17.5 Å². The molecule has 0 fully saturated rings. The molecule has 0 aliphatic heterocycles. The number of para-hydroxylation sites is 2. The molecule has 1 amide bonds. The van der Waals surface area contributed by atoms with Crippen molar-refractivity contribution >= 4 is 34.4 Å². The Bertz CT molecular complexity index is 629. The van der Waals surface area contributed by atoms with E-state index in [1.807, 2.05) is 12.1 Å². The minimum absolute atomic E-state index is 0.137. The second-order valence-corrected chi connectivity index (χ2v) is 4.33. The third-order valence-electron chi connectivity index (χ3n) is 2.53. The van der Waals surface area contributed by atoms with Crippen molar-refractivity contribution < 1.29 is 4.79 Å². The van der Waals surface area contributed by atoms with Crippen LogP contribution in [-0.2, 0) is 4.79 Å². The summed E-state index contributed by atoms with van der Waals surface area (Å²) in [5.41, 5.74) is 6.98. The predicted molar refractivity (Wildman–Crippen MR) is 76.0 cm³/mol. The van der Waals surface area contributed by atoms with Crippen LogP contribution in [0.4, 0.5) is 5.82 Å². The summed E-state index contributed by atoms with van der Waals surface area (Å²) in [7, 11) is 0. The van der Waals surface area contributed by atoms with E-state index in [2.05, 4.69) is 21.9 Å². The Morgan fingerprint density at radius 3 is 2.68 bits per heavy atom. The number of amides is 1. The zero-order chi connectivity index (χ0) is 13.8. The highest BCUT2D eigenvalue weighted by Crippen LogP contribution is 2.21. The summed E-state index contributed by atoms with van der Waals surface area (Å²) >= 11 is 5.98. The average Bonchev–Trinajstić information content (AvgIpc) is 2.39. The fraction of sp³-hybridized carbons (Fsp3) is 0.154. The Hall–Kier alpha value is -1.98. The van der Waals surface area contributed by atoms with Gasteiger partial charge in [0.05, 0.1) is 17.1 Å². The number of rotatable bonds is 4. The molecule has 6 heteroatoms. The molecule has 0 aliphatic carbocycles. The van der Waals surface area contributed by atoms with E-state index >= 15 is 0 Å². The van der Waals surface area contributed by atoms with E-state index in [0.717, 1.165) is 0 Å². The van der Waals surface area contributed by atoms with Crippen molar-refractivity contribution in [3.8, 4) is 0 Å². The monoisotopic (exact) mass is 276 g/mol. The fourth-order valence-corrected chi connectivity index (χ4v) is 1.73. The molecule has 1 aromatic carbocycles. The number of nitrogens with one attached hydrogen (secondary N) is 1. The molecule has 3 N–H and O–H groups in total. The molecule has 0 aliphatic rings. The average molecular weight is 277 g/mol. The zero-order valence-corrected chi connectivity index (χ0v) is 10.9. The highest BCUT2D eigenvalue weighted by molar-refractivity contribution is 6.32. The smallest absolute Gasteiger partial charge is 0.242 e. The summed E-state index contributed by atoms with van der Waals surface area (Å²) in [6.07, 6.45) is 1.96. The molecule has 1 heterocycles. The van der Waals surface area contributed by atoms with Crippen molar-refractivity contribution in [2.75, 3.05) is 5.32 Å². The van der Waals surface area contributed by atoms with Gasteiger partial charge in [0.25, 0.3) is 0 Å². The molecule has 1 atom stereocenters. The van der Waals surface area contributed by atoms with Crippen LogP contribution in [0.5, 0.6) is 0 Å². The van der Waals surface area contributed by atoms with Gasteiger partial charge in [-0.2, -0.15) is 0 Å². The number of nitrogens with two attached hydrogens (primary N) is 1. The number of carbonyl (C=O) groups excluding carboxylic acids is 1. The van der Waals surface area contributed by atoms with Crippen molar-refractivity contribution in [3.05, 3.63) is 42.1 Å². The highest BCUT2D eigenvalue weighted by atomic mass is 35.5. The topological polar surface area (TPSA) is 80.9 Å². The molecular formula is C13H13ClN4O. The Kier molecular flexibility index (Phi) is 4.09. The van der Waals surface area contributed by atoms with E-state index < -0.39 is 6.04 Å². The minimum atomic E-state index is -0.679. The summed E-state index contributed by atoms with van der Waals surface area (Å²) in [6, 6.07) is 6.58. The van der Waals surface area contributed by atoms with Crippen LogP contribution in [0.15, 0.2) is 36.9 Å². The second kappa shape index (κ2) is 5.77. The largest absolute Gasteiger partial charge is 0.320 e. The van der Waals surface area contributed by atoms with E-state index in [4.69, 9.17) is 17.3 Å². The number of aromatic nitrogens is 2. The van der Waals surface area contributed by atoms with Crippen LogP contribution in [0.2, 0.25) is 5.15 Å². The standard InChI is InChI=1S/C13H13ClN4O/c1-2-5-8(15)13(19)18-12-11(14)16-9-6-3-4-7-10(9)17-12/h2-4,6-8H,1,5,15H2,(H,17,18,19). The maximum atomic E-state index is 11.8. The van der Waals surface area contributed by atoms with Crippen molar-refractivity contribution in [1.82, 2.24) is 9.97 Å². The molecule has 0 radical (unpaired) electrons. The molecule has 0 spiro atoms. The van der Waals surface area contributed by atoms with Crippen LogP contribution in [0.25, 0.3) is 11.0 Å². The molecule has 5 nitrogen and oxygen atoms in total. The molecular weight excluding hydrogens is 264 g/mol. The number of benzene rings is 1. The summed E-state index contributed by atoms with van der Waals surface area (Å²) in [5.74, 6) is -0.156. The summed E-state index contributed by atoms with van der Waals surface area (Å²) < 4.78 is 0. The lowest BCUT2D eigenvalue weighted by Crippen LogP contribution is -2.35. The first-order chi connectivity index (χ1) is 9.11. The molecule has 0 saturated carbocycles. The van der Waals surface area contributed by atoms with E-state index in [9.17, 15) is 4.79 Å². The molecule has 0 bridgehead atoms. The lowest BCUT2D eigenvalue weighted by molar-refractivity contribution is -0.117. The zero-order valence-electron chi connectivity index (χ0n) is 10.1. The fourth-order valence-electron chi connectivity index (χ4n) is 1.55. The van der Waals surface area contributed by atoms with E-state index in [-0.39, 0.29) is 16.9 Å². The first-order valence-electron chi connectivity index (χ1n) is 5.71. The Balaban J connectivity index is 2.27. The van der Waals surface area contributed by atoms with Crippen molar-refractivity contribution in [3.63, 3.8) is 0 Å². The van der Waals surface area contributed by atoms with E-state index in [1.54, 1.807) is 18.2 Å². The van der Waals surface area contributed by atoms with Crippen LogP contribution in [0.3, 0.4) is 0 Å². The first-order valence-corrected chi connectivity index (χ1v) is 6.09. The number of carbonyl (C=O) groups is 1. The van der Waals surface area contributed by atoms with Gasteiger partial charge in [-0.1, -0.05) is 29.8 Å². The van der Waals surface area contributed by atoms with Crippen LogP contribution in [-0.4, -0.2) is 21.9 Å². The van der Waals surface area contributed by atoms with Crippen LogP contribution < -0.4 is 11.1 Å². The Labute approximate surface area is 115 Å². The van der Waals surface area contributed by atoms with Crippen molar-refractivity contribution in [1.29, 1.82) is 0 Å². The molecule has 0 saturated heterocycles. The van der Waals surface area contributed by atoms with Gasteiger partial charge in [-0.3, -0.25) is 4.79 Å². The van der Waals surface area contributed by atoms with Gasteiger partial charge >= 0.3 is 0 Å². The predicted octanol–water partition coefficient (Wildman–Crippen LogP) is 2.13. The van der Waals surface area contributed by atoms with Crippen LogP contribution in [0.1, 0.15) is 6.42 Å². The van der Waals surface area contributed by atoms with Gasteiger partial charge in [0.1, 0.15) is 0 Å².